The Morgan fingerprint density at radius 1 is 1.08 bits per heavy atom. The molecule has 0 saturated heterocycles. The van der Waals surface area contributed by atoms with Crippen LogP contribution in [0, 0.1) is 40.9 Å². The van der Waals surface area contributed by atoms with Crippen LogP contribution in [0.1, 0.15) is 65.2 Å². The molecule has 4 fully saturated rings. The number of Topliss-reactive ketones (excluding diaryl/α,β-unsaturated/α-hetero) is 2. The molecule has 25 heavy (non-hydrogen) atoms. The molecular formula is C21H32O4. The van der Waals surface area contributed by atoms with Crippen LogP contribution >= 0.6 is 0 Å². The maximum Gasteiger partial charge on any atom is 0.161 e. The van der Waals surface area contributed by atoms with Gasteiger partial charge in [0.25, 0.3) is 0 Å². The molecule has 0 amide bonds. The molecule has 0 aromatic rings. The standard InChI is InChI=1S/C21H32O4/c1-20(25)7-5-13-12-6-8-21(2)16(3-4-17(21)19(24)11-22)14(12)9-18(23)15(13)10-20/h12-17,22,25H,3-11H2,1-2H3/t12-,13-,14-,15-,16+,17-,20-,21+/m1/s1. The van der Waals surface area contributed by atoms with E-state index in [1.54, 1.807) is 0 Å². The van der Waals surface area contributed by atoms with Gasteiger partial charge in [0.1, 0.15) is 12.4 Å². The van der Waals surface area contributed by atoms with Crippen LogP contribution in [-0.2, 0) is 9.59 Å². The van der Waals surface area contributed by atoms with E-state index in [0.717, 1.165) is 38.5 Å². The topological polar surface area (TPSA) is 74.6 Å². The third-order valence-electron chi connectivity index (χ3n) is 8.63. The highest BCUT2D eigenvalue weighted by atomic mass is 16.3. The van der Waals surface area contributed by atoms with Gasteiger partial charge in [-0.3, -0.25) is 9.59 Å². The second-order valence-electron chi connectivity index (χ2n) is 9.91. The van der Waals surface area contributed by atoms with E-state index in [1.807, 2.05) is 6.92 Å². The average molecular weight is 348 g/mol. The van der Waals surface area contributed by atoms with Crippen molar-refractivity contribution in [2.45, 2.75) is 70.8 Å². The lowest BCUT2D eigenvalue weighted by atomic mass is 9.48. The predicted molar refractivity (Wildman–Crippen MR) is 93.7 cm³/mol. The van der Waals surface area contributed by atoms with Crippen molar-refractivity contribution in [3.05, 3.63) is 0 Å². The van der Waals surface area contributed by atoms with Crippen molar-refractivity contribution in [1.29, 1.82) is 0 Å². The van der Waals surface area contributed by atoms with E-state index in [0.29, 0.717) is 42.3 Å². The Bertz CT molecular complexity index is 582. The number of fused-ring (bicyclic) bond motifs is 5. The van der Waals surface area contributed by atoms with Crippen LogP contribution < -0.4 is 0 Å². The number of carbonyl (C=O) groups is 2. The first-order valence-corrected chi connectivity index (χ1v) is 10.2. The molecule has 0 heterocycles. The minimum Gasteiger partial charge on any atom is -0.390 e. The summed E-state index contributed by atoms with van der Waals surface area (Å²) in [5, 5.41) is 19.8. The van der Waals surface area contributed by atoms with Crippen molar-refractivity contribution in [3.63, 3.8) is 0 Å². The first-order valence-electron chi connectivity index (χ1n) is 10.2. The molecule has 4 saturated carbocycles. The number of aliphatic hydroxyl groups is 2. The van der Waals surface area contributed by atoms with Gasteiger partial charge in [-0.05, 0) is 81.0 Å². The van der Waals surface area contributed by atoms with Gasteiger partial charge in [0, 0.05) is 18.3 Å². The SMILES string of the molecule is C[C@@]1(O)CC[C@@H]2[C@H]3CC[C@]4(C)[C@@H](C(=O)CO)CC[C@H]4[C@@H]3CC(=O)[C@@H]2C1. The van der Waals surface area contributed by atoms with Crippen LogP contribution in [0.25, 0.3) is 0 Å². The second kappa shape index (κ2) is 5.88. The Kier molecular flexibility index (Phi) is 4.16. The molecule has 0 unspecified atom stereocenters. The van der Waals surface area contributed by atoms with Crippen LogP contribution in [0.4, 0.5) is 0 Å². The zero-order valence-corrected chi connectivity index (χ0v) is 15.5. The smallest absolute Gasteiger partial charge is 0.161 e. The third kappa shape index (κ3) is 2.63. The molecule has 0 radical (unpaired) electrons. The van der Waals surface area contributed by atoms with E-state index in [2.05, 4.69) is 6.92 Å². The van der Waals surface area contributed by atoms with Crippen molar-refractivity contribution in [3.8, 4) is 0 Å². The summed E-state index contributed by atoms with van der Waals surface area (Å²) in [7, 11) is 0. The van der Waals surface area contributed by atoms with Crippen LogP contribution in [0.2, 0.25) is 0 Å². The zero-order chi connectivity index (χ0) is 18.0. The molecule has 0 aromatic heterocycles. The lowest BCUT2D eigenvalue weighted by molar-refractivity contribution is -0.150. The summed E-state index contributed by atoms with van der Waals surface area (Å²) >= 11 is 0. The van der Waals surface area contributed by atoms with Gasteiger partial charge in [-0.2, -0.15) is 0 Å². The summed E-state index contributed by atoms with van der Waals surface area (Å²) in [5.74, 6) is 2.24. The molecule has 4 rings (SSSR count). The molecule has 140 valence electrons. The molecule has 4 nitrogen and oxygen atoms in total. The van der Waals surface area contributed by atoms with Gasteiger partial charge < -0.3 is 10.2 Å². The van der Waals surface area contributed by atoms with E-state index in [9.17, 15) is 19.8 Å². The van der Waals surface area contributed by atoms with E-state index >= 15 is 0 Å². The van der Waals surface area contributed by atoms with E-state index in [1.165, 1.54) is 0 Å². The summed E-state index contributed by atoms with van der Waals surface area (Å²) in [6.07, 6.45) is 7.09. The molecule has 0 bridgehead atoms. The van der Waals surface area contributed by atoms with Crippen molar-refractivity contribution in [1.82, 2.24) is 0 Å². The minimum absolute atomic E-state index is 0.00261. The van der Waals surface area contributed by atoms with Crippen molar-refractivity contribution in [2.75, 3.05) is 6.61 Å². The molecule has 0 aliphatic heterocycles. The Labute approximate surface area is 150 Å². The fourth-order valence-electron chi connectivity index (χ4n) is 7.44. The Hall–Kier alpha value is -0.740. The molecule has 4 aliphatic rings. The highest BCUT2D eigenvalue weighted by Gasteiger charge is 2.60. The van der Waals surface area contributed by atoms with Gasteiger partial charge in [-0.25, -0.2) is 0 Å². The largest absolute Gasteiger partial charge is 0.390 e. The van der Waals surface area contributed by atoms with Crippen LogP contribution in [0.5, 0.6) is 0 Å². The second-order valence-corrected chi connectivity index (χ2v) is 9.91. The fraction of sp³-hybridized carbons (Fsp3) is 0.905. The summed E-state index contributed by atoms with van der Waals surface area (Å²) in [6, 6.07) is 0. The van der Waals surface area contributed by atoms with Gasteiger partial charge >= 0.3 is 0 Å². The highest BCUT2D eigenvalue weighted by Crippen LogP contribution is 2.64. The maximum atomic E-state index is 12.9. The quantitative estimate of drug-likeness (QED) is 0.805. The molecule has 0 spiro atoms. The van der Waals surface area contributed by atoms with Gasteiger partial charge in [0.15, 0.2) is 5.78 Å². The van der Waals surface area contributed by atoms with Crippen molar-refractivity contribution in [2.24, 2.45) is 40.9 Å². The van der Waals surface area contributed by atoms with Gasteiger partial charge in [-0.1, -0.05) is 6.92 Å². The van der Waals surface area contributed by atoms with E-state index in [4.69, 9.17) is 0 Å². The van der Waals surface area contributed by atoms with Crippen LogP contribution in [0.15, 0.2) is 0 Å². The molecule has 4 aliphatic carbocycles. The minimum atomic E-state index is -0.682. The number of hydrogen-bond donors (Lipinski definition) is 2. The number of hydrogen-bond acceptors (Lipinski definition) is 4. The Morgan fingerprint density at radius 2 is 1.80 bits per heavy atom. The molecule has 4 heteroatoms. The van der Waals surface area contributed by atoms with Crippen molar-refractivity contribution < 1.29 is 19.8 Å². The van der Waals surface area contributed by atoms with Gasteiger partial charge in [0.05, 0.1) is 5.60 Å². The third-order valence-corrected chi connectivity index (χ3v) is 8.63. The maximum absolute atomic E-state index is 12.9. The average Bonchev–Trinajstić information content (AvgIpc) is 2.91. The Balaban J connectivity index is 1.59. The first-order chi connectivity index (χ1) is 11.8. The molecular weight excluding hydrogens is 316 g/mol. The van der Waals surface area contributed by atoms with E-state index in [-0.39, 0.29) is 29.6 Å². The fourth-order valence-corrected chi connectivity index (χ4v) is 7.44. The van der Waals surface area contributed by atoms with Crippen molar-refractivity contribution >= 4 is 11.6 Å². The summed E-state index contributed by atoms with van der Waals surface area (Å²) < 4.78 is 0. The number of aliphatic hydroxyl groups excluding tert-OH is 1. The first kappa shape index (κ1) is 17.7. The summed E-state index contributed by atoms with van der Waals surface area (Å²) in [4.78, 5) is 25.2. The van der Waals surface area contributed by atoms with Gasteiger partial charge in [0.2, 0.25) is 0 Å². The zero-order valence-electron chi connectivity index (χ0n) is 15.5. The molecule has 2 N–H and O–H groups in total. The summed E-state index contributed by atoms with van der Waals surface area (Å²) in [6.45, 7) is 3.77. The van der Waals surface area contributed by atoms with Crippen LogP contribution in [0.3, 0.4) is 0 Å². The summed E-state index contributed by atoms with van der Waals surface area (Å²) in [5.41, 5.74) is -0.715. The normalized spacial score (nSPS) is 52.2. The molecule has 8 atom stereocenters. The number of ketones is 2. The monoisotopic (exact) mass is 348 g/mol. The predicted octanol–water partition coefficient (Wildman–Crippen LogP) is 2.75. The lowest BCUT2D eigenvalue weighted by Crippen LogP contribution is -2.54. The van der Waals surface area contributed by atoms with Gasteiger partial charge in [-0.15, -0.1) is 0 Å². The number of rotatable bonds is 2. The van der Waals surface area contributed by atoms with E-state index < -0.39 is 5.60 Å². The lowest BCUT2D eigenvalue weighted by Gasteiger charge is -2.56. The van der Waals surface area contributed by atoms with Crippen LogP contribution in [-0.4, -0.2) is 34.0 Å². The number of carbonyl (C=O) groups excluding carboxylic acids is 2. The Morgan fingerprint density at radius 3 is 2.52 bits per heavy atom. The molecule has 0 aromatic carbocycles. The highest BCUT2D eigenvalue weighted by molar-refractivity contribution is 5.84.